The molecule has 0 radical (unpaired) electrons. The van der Waals surface area contributed by atoms with Crippen LogP contribution in [0.2, 0.25) is 0 Å². The minimum absolute atomic E-state index is 0.255. The van der Waals surface area contributed by atoms with Crippen molar-refractivity contribution in [3.05, 3.63) is 12.2 Å². The molecule has 0 unspecified atom stereocenters. The largest absolute Gasteiger partial charge is 0.300 e. The van der Waals surface area contributed by atoms with Crippen LogP contribution in [0.5, 0.6) is 0 Å². The van der Waals surface area contributed by atoms with E-state index in [9.17, 15) is 4.79 Å². The molecule has 0 aromatic heterocycles. The highest BCUT2D eigenvalue weighted by atomic mass is 16.1. The molecular formula is C81H158O. The Labute approximate surface area is 520 Å². The number of Topliss-reactive ketones (excluding diaryl/α,β-unsaturated/α-hetero) is 1. The summed E-state index contributed by atoms with van der Waals surface area (Å²) in [6.45, 7) is 89.8. The highest BCUT2D eigenvalue weighted by Crippen LogP contribution is 2.94. The van der Waals surface area contributed by atoms with E-state index in [-0.39, 0.29) is 5.78 Å². The van der Waals surface area contributed by atoms with E-state index in [0.29, 0.717) is 98.5 Å². The summed E-state index contributed by atoms with van der Waals surface area (Å²) >= 11 is 0. The third kappa shape index (κ3) is 17.4. The minimum Gasteiger partial charge on any atom is -0.300 e. The number of ketones is 1. The van der Waals surface area contributed by atoms with Crippen LogP contribution in [0.1, 0.15) is 385 Å². The van der Waals surface area contributed by atoms with E-state index in [1.807, 2.05) is 6.92 Å². The molecule has 9 fully saturated rings. The Morgan fingerprint density at radius 1 is 0.366 bits per heavy atom. The number of carbonyl (C=O) groups excluding carboxylic acids is 1. The second kappa shape index (κ2) is 26.9. The van der Waals surface area contributed by atoms with Gasteiger partial charge in [0.05, 0.1) is 0 Å². The predicted octanol–water partition coefficient (Wildman–Crippen LogP) is 27.5. The molecule has 1 heteroatoms. The average Bonchev–Trinajstić information content (AvgIpc) is 3.72. The maximum atomic E-state index is 9.81. The molecular weight excluding hydrogens is 989 g/mol. The normalized spacial score (nSPS) is 33.8. The predicted molar refractivity (Wildman–Crippen MR) is 373 cm³/mol. The lowest BCUT2D eigenvalue weighted by molar-refractivity contribution is -0.193. The van der Waals surface area contributed by atoms with Gasteiger partial charge in [0.25, 0.3) is 0 Å². The van der Waals surface area contributed by atoms with E-state index in [0.717, 1.165) is 23.7 Å². The van der Waals surface area contributed by atoms with Gasteiger partial charge in [-0.2, -0.15) is 0 Å². The van der Waals surface area contributed by atoms with E-state index in [1.54, 1.807) is 39.0 Å². The first-order valence-electron chi connectivity index (χ1n) is 35.2. The molecule has 10 aliphatic rings. The third-order valence-corrected chi connectivity index (χ3v) is 28.7. The fourth-order valence-electron chi connectivity index (χ4n) is 18.4. The van der Waals surface area contributed by atoms with Crippen molar-refractivity contribution in [2.45, 2.75) is 385 Å². The van der Waals surface area contributed by atoms with Gasteiger partial charge < -0.3 is 4.79 Å². The molecule has 0 aromatic carbocycles. The van der Waals surface area contributed by atoms with Crippen molar-refractivity contribution in [3.63, 3.8) is 0 Å². The standard InChI is InChI=1S/C19H36.C12H20.C10H20.2C9H18.C8H14.2C5H12.C4H8O/c1-13(2)14(3,4)19(12)16(7,8)15(5,6)18(13,11)17(19,9)10;1-12(2)10-4-8-3-9(6-10)7-11(12)5-8;1-9(2)7-5-6-8-10(9,3)4;2*1-8(2)6-5-7-9(8,3)4;1-8(2)6-4-3-5-7-8;2*1-5(2,3)4;1-3-4(2)5/h1-12H3;8-11H,3-7H2,1-2H3;5-8H2,1-4H3;2*5-7H2,1-4H3;4,6H,3,5,7H2,1-2H3;2*1-4H3;3H2,1-2H3. The number of fused-ring (bicyclic) bond motifs is 2. The van der Waals surface area contributed by atoms with Crippen molar-refractivity contribution in [3.8, 4) is 0 Å². The zero-order chi connectivity index (χ0) is 65.2. The highest BCUT2D eigenvalue weighted by molar-refractivity contribution is 5.74. The Kier molecular flexibility index (Phi) is 26.0. The molecule has 1 nitrogen and oxygen atoms in total. The second-order valence-electron chi connectivity index (χ2n) is 41.1. The lowest BCUT2D eigenvalue weighted by atomic mass is 9.37. The summed E-state index contributed by atoms with van der Waals surface area (Å²) in [5.74, 6) is 4.72. The molecule has 0 N–H and O–H groups in total. The van der Waals surface area contributed by atoms with Crippen LogP contribution >= 0.6 is 0 Å². The van der Waals surface area contributed by atoms with E-state index in [2.05, 4.69) is 261 Å². The van der Waals surface area contributed by atoms with Crippen molar-refractivity contribution < 1.29 is 4.79 Å². The number of hydrogen-bond donors (Lipinski definition) is 0. The van der Waals surface area contributed by atoms with Gasteiger partial charge in [0.1, 0.15) is 5.78 Å². The van der Waals surface area contributed by atoms with Crippen molar-refractivity contribution in [1.29, 1.82) is 0 Å². The number of allylic oxidation sites excluding steroid dienone is 2. The van der Waals surface area contributed by atoms with Crippen molar-refractivity contribution in [1.82, 2.24) is 0 Å². The summed E-state index contributed by atoms with van der Waals surface area (Å²) < 4.78 is 0. The molecule has 10 rings (SSSR count). The fourth-order valence-corrected chi connectivity index (χ4v) is 18.4. The van der Waals surface area contributed by atoms with Crippen molar-refractivity contribution in [2.75, 3.05) is 0 Å². The molecule has 6 bridgehead atoms. The second-order valence-corrected chi connectivity index (χ2v) is 41.1. The zero-order valence-electron chi connectivity index (χ0n) is 64.3. The Hall–Kier alpha value is -0.590. The maximum Gasteiger partial charge on any atom is 0.129 e. The van der Waals surface area contributed by atoms with E-state index < -0.39 is 0 Å². The zero-order valence-corrected chi connectivity index (χ0v) is 64.3. The molecule has 488 valence electrons. The van der Waals surface area contributed by atoms with E-state index in [4.69, 9.17) is 0 Å². The van der Waals surface area contributed by atoms with Crippen LogP contribution in [0.15, 0.2) is 12.2 Å². The van der Waals surface area contributed by atoms with Crippen LogP contribution in [0.3, 0.4) is 0 Å². The Morgan fingerprint density at radius 2 is 0.598 bits per heavy atom. The summed E-state index contributed by atoms with van der Waals surface area (Å²) in [7, 11) is 0. The molecule has 0 amide bonds. The quantitative estimate of drug-likeness (QED) is 0.239. The van der Waals surface area contributed by atoms with Gasteiger partial charge in [0, 0.05) is 6.42 Å². The molecule has 0 aliphatic heterocycles. The maximum absolute atomic E-state index is 9.81. The van der Waals surface area contributed by atoms with Gasteiger partial charge >= 0.3 is 0 Å². The molecule has 10 aliphatic carbocycles. The van der Waals surface area contributed by atoms with Gasteiger partial charge in [-0.25, -0.2) is 0 Å². The van der Waals surface area contributed by atoms with Crippen LogP contribution in [0.25, 0.3) is 0 Å². The monoisotopic (exact) mass is 1150 g/mol. The number of hydrogen-bond acceptors (Lipinski definition) is 1. The SMILES string of the molecule is CC(C)(C)C.CC(C)(C)C.CC1(C)C(C)(C)C2(C)C(C)(C)C(C)(C)C1(C)C2(C)C.CC1(C)C2CC3CC(C2)CC1C3.CC1(C)C=CCCC1.CC1(C)CCCC1(C)C.CC1(C)CCCC1(C)C.CC1(C)CCCCC1(C)C.CCC(C)=O. The van der Waals surface area contributed by atoms with Gasteiger partial charge in [-0.05, 0) is 213 Å². The fraction of sp³-hybridized carbons (Fsp3) is 0.963. The van der Waals surface area contributed by atoms with Crippen LogP contribution in [-0.4, -0.2) is 5.78 Å². The third-order valence-electron chi connectivity index (χ3n) is 28.7. The minimum atomic E-state index is 0.255. The molecule has 82 heavy (non-hydrogen) atoms. The Bertz CT molecular complexity index is 1790. The highest BCUT2D eigenvalue weighted by Gasteiger charge is 2.89. The summed E-state index contributed by atoms with van der Waals surface area (Å²) in [4.78, 5) is 9.81. The van der Waals surface area contributed by atoms with E-state index in [1.165, 1.54) is 83.5 Å². The molecule has 0 saturated heterocycles. The van der Waals surface area contributed by atoms with Crippen LogP contribution in [0, 0.1) is 116 Å². The van der Waals surface area contributed by atoms with Crippen molar-refractivity contribution >= 4 is 5.78 Å². The Balaban J connectivity index is 0.000000478. The van der Waals surface area contributed by atoms with Gasteiger partial charge in [-0.15, -0.1) is 0 Å². The summed E-state index contributed by atoms with van der Waals surface area (Å²) in [6, 6.07) is 0. The molecule has 0 atom stereocenters. The lowest BCUT2D eigenvalue weighted by Gasteiger charge is -2.67. The van der Waals surface area contributed by atoms with Gasteiger partial charge in [0.15, 0.2) is 0 Å². The first-order chi connectivity index (χ1) is 36.0. The smallest absolute Gasteiger partial charge is 0.129 e. The topological polar surface area (TPSA) is 17.1 Å². The Morgan fingerprint density at radius 3 is 0.744 bits per heavy atom. The van der Waals surface area contributed by atoms with E-state index >= 15 is 0 Å². The number of rotatable bonds is 1. The first-order valence-corrected chi connectivity index (χ1v) is 35.2. The summed E-state index contributed by atoms with van der Waals surface area (Å²) in [6.07, 6.45) is 31.4. The van der Waals surface area contributed by atoms with Gasteiger partial charge in [-0.1, -0.05) is 294 Å². The van der Waals surface area contributed by atoms with Crippen LogP contribution in [0.4, 0.5) is 0 Å². The van der Waals surface area contributed by atoms with Crippen LogP contribution < -0.4 is 0 Å². The lowest BCUT2D eigenvalue weighted by Crippen LogP contribution is -2.61. The molecule has 0 heterocycles. The molecule has 0 aromatic rings. The molecule has 0 spiro atoms. The summed E-state index contributed by atoms with van der Waals surface area (Å²) in [5, 5.41) is 0. The summed E-state index contributed by atoms with van der Waals surface area (Å²) in [5.41, 5.74) is 8.02. The van der Waals surface area contributed by atoms with Gasteiger partial charge in [-0.3, -0.25) is 0 Å². The van der Waals surface area contributed by atoms with Crippen LogP contribution in [-0.2, 0) is 4.79 Å². The average molecular weight is 1150 g/mol. The van der Waals surface area contributed by atoms with Crippen molar-refractivity contribution in [2.24, 2.45) is 116 Å². The first kappa shape index (κ1) is 79.4. The number of carbonyl (C=O) groups is 1. The molecule has 9 saturated carbocycles. The van der Waals surface area contributed by atoms with Gasteiger partial charge in [0.2, 0.25) is 0 Å².